The molecule has 0 aromatic carbocycles. The first kappa shape index (κ1) is 39.9. The van der Waals surface area contributed by atoms with E-state index in [2.05, 4.69) is 0 Å². The van der Waals surface area contributed by atoms with E-state index in [1.165, 1.54) is 0 Å². The van der Waals surface area contributed by atoms with Crippen molar-refractivity contribution in [2.45, 2.75) is 192 Å². The second-order valence-corrected chi connectivity index (χ2v) is 18.6. The van der Waals surface area contributed by atoms with Crippen LogP contribution in [0.1, 0.15) is 107 Å². The first-order chi connectivity index (χ1) is 25.9. The van der Waals surface area contributed by atoms with Crippen LogP contribution in [0, 0.1) is 22.7 Å². The van der Waals surface area contributed by atoms with E-state index in [0.29, 0.717) is 51.4 Å². The van der Waals surface area contributed by atoms with Crippen molar-refractivity contribution in [3.05, 3.63) is 24.3 Å². The number of carbonyl (C=O) groups excluding carboxylic acids is 2. The fourth-order valence-electron chi connectivity index (χ4n) is 10.1. The Morgan fingerprint density at radius 2 is 1.04 bits per heavy atom. The van der Waals surface area contributed by atoms with E-state index >= 15 is 0 Å². The third-order valence-corrected chi connectivity index (χ3v) is 14.3. The van der Waals surface area contributed by atoms with E-state index in [1.807, 2.05) is 79.7 Å². The zero-order chi connectivity index (χ0) is 39.3. The van der Waals surface area contributed by atoms with E-state index in [4.69, 9.17) is 47.0 Å². The third-order valence-electron chi connectivity index (χ3n) is 14.3. The highest BCUT2D eigenvalue weighted by atomic mass is 17.0. The molecule has 6 saturated heterocycles. The lowest BCUT2D eigenvalue weighted by Gasteiger charge is -2.52. The van der Waals surface area contributed by atoms with Crippen molar-refractivity contribution in [3.63, 3.8) is 0 Å². The Labute approximate surface area is 323 Å². The van der Waals surface area contributed by atoms with Gasteiger partial charge in [0, 0.05) is 35.5 Å². The molecule has 8 heterocycles. The summed E-state index contributed by atoms with van der Waals surface area (Å²) in [6, 6.07) is 0. The lowest BCUT2D eigenvalue weighted by Crippen LogP contribution is -2.61. The predicted molar refractivity (Wildman–Crippen MR) is 194 cm³/mol. The van der Waals surface area contributed by atoms with Gasteiger partial charge in [0.2, 0.25) is 0 Å². The Hall–Kier alpha value is -1.92. The van der Waals surface area contributed by atoms with Crippen LogP contribution in [0.25, 0.3) is 0 Å². The van der Waals surface area contributed by atoms with Gasteiger partial charge in [0.25, 0.3) is 0 Å². The molecule has 0 aromatic rings. The molecule has 3 spiro atoms. The van der Waals surface area contributed by atoms with Crippen LogP contribution in [0.2, 0.25) is 0 Å². The average molecular weight is 776 g/mol. The normalized spacial score (nSPS) is 53.3. The monoisotopic (exact) mass is 775 g/mol. The molecule has 0 amide bonds. The van der Waals surface area contributed by atoms with Gasteiger partial charge < -0.3 is 57.3 Å². The number of esters is 2. The molecule has 0 aliphatic carbocycles. The summed E-state index contributed by atoms with van der Waals surface area (Å²) in [6.07, 6.45) is 2.49. The Balaban J connectivity index is 1.27. The number of hydrogen-bond acceptors (Lipinski definition) is 14. The van der Waals surface area contributed by atoms with Gasteiger partial charge in [-0.25, -0.2) is 9.59 Å². The molecule has 14 nitrogen and oxygen atoms in total. The van der Waals surface area contributed by atoms with E-state index in [9.17, 15) is 19.8 Å². The molecule has 6 fully saturated rings. The minimum Gasteiger partial charge on any atom is -0.504 e. The molecular weight excluding hydrogens is 715 g/mol. The highest BCUT2D eigenvalue weighted by Crippen LogP contribution is 2.57. The van der Waals surface area contributed by atoms with Crippen molar-refractivity contribution in [3.8, 4) is 0 Å². The summed E-state index contributed by atoms with van der Waals surface area (Å²) in [6.45, 7) is 11.8. The Morgan fingerprint density at radius 1 is 0.636 bits per heavy atom. The Morgan fingerprint density at radius 3 is 1.44 bits per heavy atom. The van der Waals surface area contributed by atoms with Crippen LogP contribution in [0.15, 0.2) is 24.3 Å². The first-order valence-electron chi connectivity index (χ1n) is 20.5. The summed E-state index contributed by atoms with van der Waals surface area (Å²) in [5, 5.41) is 23.3. The second kappa shape index (κ2) is 14.1. The summed E-state index contributed by atoms with van der Waals surface area (Å²) in [5.74, 6) is -6.02. The molecule has 8 rings (SSSR count). The second-order valence-electron chi connectivity index (χ2n) is 18.6. The van der Waals surface area contributed by atoms with Crippen LogP contribution in [0.5, 0.6) is 0 Å². The summed E-state index contributed by atoms with van der Waals surface area (Å²) in [7, 11) is 0. The van der Waals surface area contributed by atoms with Gasteiger partial charge in [-0.2, -0.15) is 0 Å². The van der Waals surface area contributed by atoms with Crippen molar-refractivity contribution in [1.82, 2.24) is 0 Å². The van der Waals surface area contributed by atoms with Gasteiger partial charge in [-0.05, 0) is 52.4 Å². The fraction of sp³-hybridized carbons (Fsp3) is 0.850. The van der Waals surface area contributed by atoms with E-state index < -0.39 is 114 Å². The molecule has 8 aliphatic rings. The average Bonchev–Trinajstić information content (AvgIpc) is 3.84. The van der Waals surface area contributed by atoms with Crippen molar-refractivity contribution < 1.29 is 66.8 Å². The predicted octanol–water partition coefficient (Wildman–Crippen LogP) is 4.15. The summed E-state index contributed by atoms with van der Waals surface area (Å²) in [4.78, 5) is 29.2. The minimum absolute atomic E-state index is 0.318. The van der Waals surface area contributed by atoms with Gasteiger partial charge in [0.15, 0.2) is 23.8 Å². The first-order valence-corrected chi connectivity index (χ1v) is 20.5. The molecule has 0 radical (unpaired) electrons. The van der Waals surface area contributed by atoms with Crippen LogP contribution < -0.4 is 0 Å². The van der Waals surface area contributed by atoms with Crippen LogP contribution >= 0.6 is 0 Å². The summed E-state index contributed by atoms with van der Waals surface area (Å²) >= 11 is 0. The molecule has 2 N–H and O–H groups in total. The SMILES string of the molecule is CC1OC2/C=C\CC(O)C(C)(C)C3CCC(C)C4(O3)O[B-]35OC(C(=O)OC1C2)C1(OC(CCC1C)C(C)(C)C(O)C/C=C\C1CC(OC(=O)C4O3)C(C)O1)O5. The number of fused-ring (bicyclic) bond motifs is 8. The molecule has 16 unspecified atom stereocenters. The van der Waals surface area contributed by atoms with Gasteiger partial charge >= 0.3 is 18.9 Å². The highest BCUT2D eigenvalue weighted by Gasteiger charge is 2.73. The number of carbonyl (C=O) groups is 2. The van der Waals surface area contributed by atoms with Crippen LogP contribution in [-0.4, -0.2) is 114 Å². The van der Waals surface area contributed by atoms with Crippen molar-refractivity contribution >= 4 is 18.9 Å². The summed E-state index contributed by atoms with van der Waals surface area (Å²) in [5.41, 5.74) is -1.64. The number of rotatable bonds is 0. The zero-order valence-electron chi connectivity index (χ0n) is 33.4. The van der Waals surface area contributed by atoms with Crippen LogP contribution in [0.3, 0.4) is 0 Å². The van der Waals surface area contributed by atoms with Gasteiger partial charge in [-0.15, -0.1) is 0 Å². The van der Waals surface area contributed by atoms with E-state index in [1.54, 1.807) is 0 Å². The third kappa shape index (κ3) is 6.66. The molecular formula is C40H60BO14-. The van der Waals surface area contributed by atoms with Gasteiger partial charge in [-0.1, -0.05) is 65.8 Å². The molecule has 0 aromatic heterocycles. The number of ether oxygens (including phenoxy) is 6. The zero-order valence-corrected chi connectivity index (χ0v) is 33.4. The number of aliphatic hydroxyl groups excluding tert-OH is 2. The van der Waals surface area contributed by atoms with Crippen molar-refractivity contribution in [1.29, 1.82) is 0 Å². The lowest BCUT2D eigenvalue weighted by molar-refractivity contribution is -0.310. The lowest BCUT2D eigenvalue weighted by atomic mass is 9.73. The highest BCUT2D eigenvalue weighted by molar-refractivity contribution is 6.56. The van der Waals surface area contributed by atoms with E-state index in [0.717, 1.165) is 0 Å². The largest absolute Gasteiger partial charge is 0.536 e. The molecule has 0 saturated carbocycles. The summed E-state index contributed by atoms with van der Waals surface area (Å²) < 4.78 is 65.8. The maximum atomic E-state index is 14.6. The number of aliphatic hydroxyl groups is 2. The maximum absolute atomic E-state index is 14.6. The number of hydrogen-bond donors (Lipinski definition) is 2. The Kier molecular flexibility index (Phi) is 10.2. The van der Waals surface area contributed by atoms with Gasteiger partial charge in [0.1, 0.15) is 12.2 Å². The quantitative estimate of drug-likeness (QED) is 0.205. The fourth-order valence-corrected chi connectivity index (χ4v) is 10.1. The molecule has 55 heavy (non-hydrogen) atoms. The van der Waals surface area contributed by atoms with Gasteiger partial charge in [-0.3, -0.25) is 0 Å². The van der Waals surface area contributed by atoms with Crippen LogP contribution in [0.4, 0.5) is 0 Å². The van der Waals surface area contributed by atoms with Crippen molar-refractivity contribution in [2.24, 2.45) is 22.7 Å². The minimum atomic E-state index is -3.42. The van der Waals surface area contributed by atoms with Crippen molar-refractivity contribution in [2.75, 3.05) is 0 Å². The maximum Gasteiger partial charge on any atom is 0.536 e. The standard InChI is InChI=1S/C40H60BO14/c1-21-15-17-31-37(5,6)29(42)13-9-11-26-20-28(24(4)47-26)49-36(45)34-40-22(2)16-18-32(51-40)38(7,8)30(43)14-10-12-25-19-27(23(3)46-25)48-35(44)33-39(21,50-31)54-41(52-33,53-34)55-40/h9-12,21-34,42-43H,13-20H2,1-8H3/q-1/b11-9-,12-10-. The molecule has 8 aliphatic heterocycles. The Bertz CT molecular complexity index is 1440. The molecule has 308 valence electrons. The smallest absolute Gasteiger partial charge is 0.504 e. The molecule has 11 bridgehead atoms. The molecule has 15 heteroatoms. The topological polar surface area (TPSA) is 167 Å². The van der Waals surface area contributed by atoms with Crippen LogP contribution in [-0.2, 0) is 56.6 Å². The molecule has 16 atom stereocenters. The van der Waals surface area contributed by atoms with E-state index in [-0.39, 0.29) is 12.2 Å². The van der Waals surface area contributed by atoms with Gasteiger partial charge in [0.05, 0.1) is 48.8 Å².